The third kappa shape index (κ3) is 1.96. The topological polar surface area (TPSA) is 46.8 Å². The lowest BCUT2D eigenvalue weighted by Gasteiger charge is -2.27. The van der Waals surface area contributed by atoms with Crippen LogP contribution in [0.2, 0.25) is 0 Å². The fraction of sp³-hybridized carbons (Fsp3) is 0.353. The van der Waals surface area contributed by atoms with Gasteiger partial charge in [-0.1, -0.05) is 24.3 Å². The van der Waals surface area contributed by atoms with Gasteiger partial charge in [0, 0.05) is 13.6 Å². The van der Waals surface area contributed by atoms with E-state index >= 15 is 0 Å². The Morgan fingerprint density at radius 1 is 1.18 bits per heavy atom. The number of nitrogens with zero attached hydrogens (tertiary/aromatic N) is 5. The van der Waals surface area contributed by atoms with Crippen LogP contribution < -0.4 is 4.90 Å². The lowest BCUT2D eigenvalue weighted by atomic mass is 9.99. The molecule has 0 saturated carbocycles. The molecule has 0 N–H and O–H groups in total. The molecule has 0 spiro atoms. The van der Waals surface area contributed by atoms with Crippen LogP contribution in [0.3, 0.4) is 0 Å². The average Bonchev–Trinajstić information content (AvgIpc) is 3.15. The van der Waals surface area contributed by atoms with E-state index in [2.05, 4.69) is 51.2 Å². The number of benzene rings is 1. The summed E-state index contributed by atoms with van der Waals surface area (Å²) in [6.07, 6.45) is 5.87. The van der Waals surface area contributed by atoms with Crippen molar-refractivity contribution in [2.75, 3.05) is 11.4 Å². The summed E-state index contributed by atoms with van der Waals surface area (Å²) in [6, 6.07) is 9.03. The van der Waals surface area contributed by atoms with Crippen LogP contribution in [-0.4, -0.2) is 26.3 Å². The Morgan fingerprint density at radius 3 is 2.91 bits per heavy atom. The van der Waals surface area contributed by atoms with Gasteiger partial charge in [0.05, 0.1) is 17.6 Å². The van der Waals surface area contributed by atoms with Gasteiger partial charge in [0.25, 0.3) is 0 Å². The molecule has 1 atom stereocenters. The van der Waals surface area contributed by atoms with E-state index in [0.717, 1.165) is 29.8 Å². The van der Waals surface area contributed by atoms with Crippen molar-refractivity contribution in [1.82, 2.24) is 19.7 Å². The second kappa shape index (κ2) is 5.09. The van der Waals surface area contributed by atoms with Gasteiger partial charge >= 0.3 is 0 Å². The van der Waals surface area contributed by atoms with E-state index in [0.29, 0.717) is 6.04 Å². The Morgan fingerprint density at radius 2 is 2.05 bits per heavy atom. The average molecular weight is 293 g/mol. The molecule has 5 heteroatoms. The highest BCUT2D eigenvalue weighted by atomic mass is 15.3. The predicted molar refractivity (Wildman–Crippen MR) is 86.8 cm³/mol. The van der Waals surface area contributed by atoms with Crippen molar-refractivity contribution in [1.29, 1.82) is 0 Å². The molecule has 1 saturated heterocycles. The van der Waals surface area contributed by atoms with E-state index < -0.39 is 0 Å². The number of rotatable bonds is 2. The van der Waals surface area contributed by atoms with Crippen molar-refractivity contribution in [2.24, 2.45) is 7.05 Å². The number of aryl methyl sites for hydroxylation is 2. The molecule has 2 aromatic heterocycles. The molecular weight excluding hydrogens is 274 g/mol. The molecule has 0 aliphatic carbocycles. The Kier molecular flexibility index (Phi) is 3.06. The molecule has 5 nitrogen and oxygen atoms in total. The second-order valence-corrected chi connectivity index (χ2v) is 5.91. The summed E-state index contributed by atoms with van der Waals surface area (Å²) in [7, 11) is 1.92. The minimum atomic E-state index is 0.388. The van der Waals surface area contributed by atoms with Gasteiger partial charge in [-0.25, -0.2) is 9.97 Å². The molecule has 112 valence electrons. The molecular formula is C17H19N5. The van der Waals surface area contributed by atoms with Crippen LogP contribution in [0.15, 0.2) is 36.8 Å². The largest absolute Gasteiger partial charge is 0.349 e. The summed E-state index contributed by atoms with van der Waals surface area (Å²) in [5.41, 5.74) is 3.63. The SMILES string of the molecule is Cc1ccccc1[C@H]1CCCN1c1ncnc2c1cnn2C. The maximum Gasteiger partial charge on any atom is 0.163 e. The zero-order chi connectivity index (χ0) is 15.1. The second-order valence-electron chi connectivity index (χ2n) is 5.91. The highest BCUT2D eigenvalue weighted by molar-refractivity contribution is 5.87. The highest BCUT2D eigenvalue weighted by Crippen LogP contribution is 2.38. The van der Waals surface area contributed by atoms with E-state index in [4.69, 9.17) is 0 Å². The summed E-state index contributed by atoms with van der Waals surface area (Å²) >= 11 is 0. The normalized spacial score (nSPS) is 18.3. The summed E-state index contributed by atoms with van der Waals surface area (Å²) in [5, 5.41) is 5.36. The van der Waals surface area contributed by atoms with E-state index in [-0.39, 0.29) is 0 Å². The number of hydrogen-bond acceptors (Lipinski definition) is 4. The minimum Gasteiger partial charge on any atom is -0.349 e. The summed E-state index contributed by atoms with van der Waals surface area (Å²) in [6.45, 7) is 3.21. The van der Waals surface area contributed by atoms with Crippen LogP contribution in [0, 0.1) is 6.92 Å². The standard InChI is InChI=1S/C17H19N5/c1-12-6-3-4-7-13(12)15-8-5-9-22(15)17-14-10-20-21(2)16(14)18-11-19-17/h3-4,6-7,10-11,15H,5,8-9H2,1-2H3/t15-/m1/s1. The van der Waals surface area contributed by atoms with Gasteiger partial charge in [-0.15, -0.1) is 0 Å². The molecule has 22 heavy (non-hydrogen) atoms. The maximum atomic E-state index is 4.57. The van der Waals surface area contributed by atoms with Crippen LogP contribution >= 0.6 is 0 Å². The fourth-order valence-corrected chi connectivity index (χ4v) is 3.48. The Bertz CT molecular complexity index is 823. The van der Waals surface area contributed by atoms with Crippen LogP contribution in [0.1, 0.15) is 30.0 Å². The monoisotopic (exact) mass is 293 g/mol. The van der Waals surface area contributed by atoms with Crippen molar-refractivity contribution in [3.63, 3.8) is 0 Å². The van der Waals surface area contributed by atoms with Gasteiger partial charge in [0.2, 0.25) is 0 Å². The Labute approximate surface area is 129 Å². The number of hydrogen-bond donors (Lipinski definition) is 0. The first-order chi connectivity index (χ1) is 10.8. The molecule has 0 unspecified atom stereocenters. The Hall–Kier alpha value is -2.43. The van der Waals surface area contributed by atoms with E-state index in [9.17, 15) is 0 Å². The van der Waals surface area contributed by atoms with Crippen molar-refractivity contribution < 1.29 is 0 Å². The fourth-order valence-electron chi connectivity index (χ4n) is 3.48. The van der Waals surface area contributed by atoms with Crippen molar-refractivity contribution in [2.45, 2.75) is 25.8 Å². The summed E-state index contributed by atoms with van der Waals surface area (Å²) in [4.78, 5) is 11.3. The lowest BCUT2D eigenvalue weighted by Crippen LogP contribution is -2.24. The van der Waals surface area contributed by atoms with E-state index in [1.165, 1.54) is 17.5 Å². The molecule has 0 amide bonds. The van der Waals surface area contributed by atoms with Crippen molar-refractivity contribution >= 4 is 16.9 Å². The molecule has 4 rings (SSSR count). The highest BCUT2D eigenvalue weighted by Gasteiger charge is 2.29. The van der Waals surface area contributed by atoms with Gasteiger partial charge in [-0.2, -0.15) is 5.10 Å². The van der Waals surface area contributed by atoms with Crippen LogP contribution in [0.5, 0.6) is 0 Å². The van der Waals surface area contributed by atoms with Gasteiger partial charge in [-0.05, 0) is 30.9 Å². The first-order valence-corrected chi connectivity index (χ1v) is 7.70. The quantitative estimate of drug-likeness (QED) is 0.728. The molecule has 0 radical (unpaired) electrons. The van der Waals surface area contributed by atoms with Gasteiger partial charge in [0.15, 0.2) is 5.65 Å². The molecule has 1 aliphatic rings. The summed E-state index contributed by atoms with van der Waals surface area (Å²) < 4.78 is 1.80. The van der Waals surface area contributed by atoms with Gasteiger partial charge in [0.1, 0.15) is 12.1 Å². The molecule has 3 heterocycles. The third-order valence-corrected chi connectivity index (χ3v) is 4.58. The van der Waals surface area contributed by atoms with Crippen LogP contribution in [0.4, 0.5) is 5.82 Å². The number of anilines is 1. The lowest BCUT2D eigenvalue weighted by molar-refractivity contribution is 0.708. The van der Waals surface area contributed by atoms with Crippen molar-refractivity contribution in [3.05, 3.63) is 47.9 Å². The zero-order valence-electron chi connectivity index (χ0n) is 12.9. The van der Waals surface area contributed by atoms with E-state index in [1.54, 1.807) is 11.0 Å². The number of aromatic nitrogens is 4. The predicted octanol–water partition coefficient (Wildman–Crippen LogP) is 3.01. The first kappa shape index (κ1) is 13.2. The molecule has 1 aromatic carbocycles. The maximum absolute atomic E-state index is 4.57. The molecule has 1 fully saturated rings. The number of fused-ring (bicyclic) bond motifs is 1. The van der Waals surface area contributed by atoms with Crippen LogP contribution in [-0.2, 0) is 7.05 Å². The first-order valence-electron chi connectivity index (χ1n) is 7.70. The van der Waals surface area contributed by atoms with Gasteiger partial charge in [-0.3, -0.25) is 4.68 Å². The third-order valence-electron chi connectivity index (χ3n) is 4.58. The molecule has 3 aromatic rings. The molecule has 0 bridgehead atoms. The van der Waals surface area contributed by atoms with Crippen LogP contribution in [0.25, 0.3) is 11.0 Å². The molecule has 1 aliphatic heterocycles. The van der Waals surface area contributed by atoms with Gasteiger partial charge < -0.3 is 4.90 Å². The van der Waals surface area contributed by atoms with E-state index in [1.807, 2.05) is 13.2 Å². The Balaban J connectivity index is 1.82. The zero-order valence-corrected chi connectivity index (χ0v) is 12.9. The summed E-state index contributed by atoms with van der Waals surface area (Å²) in [5.74, 6) is 1.00. The smallest absolute Gasteiger partial charge is 0.163 e. The minimum absolute atomic E-state index is 0.388. The van der Waals surface area contributed by atoms with Crippen molar-refractivity contribution in [3.8, 4) is 0 Å².